The molecule has 1 atom stereocenters. The Morgan fingerprint density at radius 2 is 2.35 bits per heavy atom. The molecule has 1 N–H and O–H groups in total. The highest BCUT2D eigenvalue weighted by Gasteiger charge is 2.10. The van der Waals surface area contributed by atoms with Gasteiger partial charge in [0, 0.05) is 13.2 Å². The maximum atomic E-state index is 11.8. The summed E-state index contributed by atoms with van der Waals surface area (Å²) in [5.41, 5.74) is 0.289. The molecule has 96 valence electrons. The fourth-order valence-corrected chi connectivity index (χ4v) is 1.47. The summed E-state index contributed by atoms with van der Waals surface area (Å²) in [6, 6.07) is 0.253. The number of aromatic nitrogens is 2. The second-order valence-corrected chi connectivity index (χ2v) is 4.22. The Kier molecular flexibility index (Phi) is 5.44. The van der Waals surface area contributed by atoms with E-state index in [0.717, 1.165) is 6.42 Å². The van der Waals surface area contributed by atoms with Gasteiger partial charge in [-0.2, -0.15) is 5.10 Å². The number of ether oxygens (including phenoxy) is 1. The maximum absolute atomic E-state index is 11.8. The van der Waals surface area contributed by atoms with Gasteiger partial charge in [0.25, 0.3) is 5.56 Å². The molecule has 0 spiro atoms. The number of hydrogen-bond acceptors (Lipinski definition) is 4. The van der Waals surface area contributed by atoms with Crippen LogP contribution < -0.4 is 10.9 Å². The van der Waals surface area contributed by atoms with Gasteiger partial charge in [-0.05, 0) is 13.3 Å². The average Bonchev–Trinajstić information content (AvgIpc) is 2.34. The van der Waals surface area contributed by atoms with E-state index in [2.05, 4.69) is 17.3 Å². The van der Waals surface area contributed by atoms with E-state index in [-0.39, 0.29) is 16.6 Å². The first-order valence-electron chi connectivity index (χ1n) is 5.61. The zero-order valence-corrected chi connectivity index (χ0v) is 11.1. The van der Waals surface area contributed by atoms with Crippen molar-refractivity contribution in [2.45, 2.75) is 32.9 Å². The number of methoxy groups -OCH3 is 1. The molecule has 0 aliphatic heterocycles. The van der Waals surface area contributed by atoms with Gasteiger partial charge in [0.05, 0.1) is 25.0 Å². The van der Waals surface area contributed by atoms with Crippen molar-refractivity contribution in [3.05, 3.63) is 21.6 Å². The summed E-state index contributed by atoms with van der Waals surface area (Å²) in [6.07, 6.45) is 2.52. The van der Waals surface area contributed by atoms with Crippen molar-refractivity contribution in [2.75, 3.05) is 19.0 Å². The van der Waals surface area contributed by atoms with Gasteiger partial charge in [0.15, 0.2) is 0 Å². The maximum Gasteiger partial charge on any atom is 0.287 e. The van der Waals surface area contributed by atoms with Crippen LogP contribution in [0.3, 0.4) is 0 Å². The van der Waals surface area contributed by atoms with Crippen molar-refractivity contribution in [3.63, 3.8) is 0 Å². The zero-order chi connectivity index (χ0) is 12.8. The van der Waals surface area contributed by atoms with Crippen LogP contribution in [0.2, 0.25) is 5.02 Å². The van der Waals surface area contributed by atoms with E-state index in [9.17, 15) is 4.79 Å². The van der Waals surface area contributed by atoms with Gasteiger partial charge < -0.3 is 10.1 Å². The smallest absolute Gasteiger partial charge is 0.287 e. The van der Waals surface area contributed by atoms with E-state index in [1.165, 1.54) is 4.68 Å². The lowest BCUT2D eigenvalue weighted by atomic mass is 10.2. The van der Waals surface area contributed by atoms with Gasteiger partial charge in [-0.15, -0.1) is 0 Å². The van der Waals surface area contributed by atoms with E-state index in [1.54, 1.807) is 13.3 Å². The van der Waals surface area contributed by atoms with Crippen LogP contribution in [0.4, 0.5) is 5.69 Å². The molecule has 6 heteroatoms. The predicted octanol–water partition coefficient (Wildman–Crippen LogP) is 1.75. The largest absolute Gasteiger partial charge is 0.383 e. The van der Waals surface area contributed by atoms with E-state index in [4.69, 9.17) is 16.3 Å². The molecule has 0 bridgehead atoms. The highest BCUT2D eigenvalue weighted by molar-refractivity contribution is 6.32. The molecule has 0 aromatic carbocycles. The molecule has 17 heavy (non-hydrogen) atoms. The molecule has 1 rings (SSSR count). The lowest BCUT2D eigenvalue weighted by Gasteiger charge is -2.14. The summed E-state index contributed by atoms with van der Waals surface area (Å²) in [5, 5.41) is 7.36. The molecule has 0 saturated heterocycles. The molecule has 1 aromatic rings. The topological polar surface area (TPSA) is 56.1 Å². The van der Waals surface area contributed by atoms with Crippen LogP contribution in [0, 0.1) is 0 Å². The molecule has 0 saturated carbocycles. The Balaban J connectivity index is 2.90. The summed E-state index contributed by atoms with van der Waals surface area (Å²) >= 11 is 6.00. The molecule has 0 aliphatic rings. The summed E-state index contributed by atoms with van der Waals surface area (Å²) in [4.78, 5) is 11.8. The minimum atomic E-state index is -0.294. The van der Waals surface area contributed by atoms with Gasteiger partial charge in [-0.1, -0.05) is 18.5 Å². The van der Waals surface area contributed by atoms with Crippen LogP contribution in [0.1, 0.15) is 20.3 Å². The average molecular weight is 260 g/mol. The minimum Gasteiger partial charge on any atom is -0.383 e. The summed E-state index contributed by atoms with van der Waals surface area (Å²) in [6.45, 7) is 4.91. The van der Waals surface area contributed by atoms with Crippen molar-refractivity contribution in [3.8, 4) is 0 Å². The molecular weight excluding hydrogens is 242 g/mol. The van der Waals surface area contributed by atoms with Crippen LogP contribution >= 0.6 is 11.6 Å². The number of nitrogens with zero attached hydrogens (tertiary/aromatic N) is 2. The van der Waals surface area contributed by atoms with Crippen LogP contribution in [0.25, 0.3) is 0 Å². The number of halogens is 1. The molecule has 0 fully saturated rings. The number of hydrogen-bond donors (Lipinski definition) is 1. The van der Waals surface area contributed by atoms with Gasteiger partial charge in [-0.3, -0.25) is 4.79 Å². The fraction of sp³-hybridized carbons (Fsp3) is 0.636. The third kappa shape index (κ3) is 3.71. The quantitative estimate of drug-likeness (QED) is 0.846. The monoisotopic (exact) mass is 259 g/mol. The van der Waals surface area contributed by atoms with Gasteiger partial charge in [0.1, 0.15) is 5.02 Å². The highest BCUT2D eigenvalue weighted by atomic mass is 35.5. The number of anilines is 1. The molecule has 1 aromatic heterocycles. The Morgan fingerprint density at radius 1 is 1.65 bits per heavy atom. The van der Waals surface area contributed by atoms with Gasteiger partial charge >= 0.3 is 0 Å². The Bertz CT molecular complexity index is 420. The number of nitrogens with one attached hydrogen (secondary N) is 1. The second kappa shape index (κ2) is 6.61. The van der Waals surface area contributed by atoms with Crippen molar-refractivity contribution in [1.82, 2.24) is 9.78 Å². The Morgan fingerprint density at radius 3 is 2.94 bits per heavy atom. The van der Waals surface area contributed by atoms with Crippen molar-refractivity contribution >= 4 is 17.3 Å². The van der Waals surface area contributed by atoms with E-state index in [0.29, 0.717) is 18.8 Å². The third-order valence-electron chi connectivity index (χ3n) is 2.51. The van der Waals surface area contributed by atoms with Crippen molar-refractivity contribution in [1.29, 1.82) is 0 Å². The van der Waals surface area contributed by atoms with Crippen molar-refractivity contribution in [2.24, 2.45) is 0 Å². The van der Waals surface area contributed by atoms with E-state index < -0.39 is 0 Å². The fourth-order valence-electron chi connectivity index (χ4n) is 1.27. The van der Waals surface area contributed by atoms with Crippen LogP contribution in [-0.4, -0.2) is 29.5 Å². The molecule has 0 aliphatic carbocycles. The van der Waals surface area contributed by atoms with Gasteiger partial charge in [-0.25, -0.2) is 4.68 Å². The van der Waals surface area contributed by atoms with Crippen LogP contribution in [0.5, 0.6) is 0 Å². The molecule has 0 radical (unpaired) electrons. The number of rotatable bonds is 6. The van der Waals surface area contributed by atoms with E-state index in [1.807, 2.05) is 6.92 Å². The first-order chi connectivity index (χ1) is 8.10. The molecular formula is C11H18ClN3O2. The molecule has 1 unspecified atom stereocenters. The SMILES string of the molecule is CCC(C)Nc1cnn(CCOC)c(=O)c1Cl. The Labute approximate surface area is 106 Å². The summed E-state index contributed by atoms with van der Waals surface area (Å²) < 4.78 is 6.19. The van der Waals surface area contributed by atoms with Crippen molar-refractivity contribution < 1.29 is 4.74 Å². The van der Waals surface area contributed by atoms with Crippen LogP contribution in [0.15, 0.2) is 11.0 Å². The first kappa shape index (κ1) is 14.0. The lowest BCUT2D eigenvalue weighted by Crippen LogP contribution is -2.27. The van der Waals surface area contributed by atoms with E-state index >= 15 is 0 Å². The summed E-state index contributed by atoms with van der Waals surface area (Å²) in [7, 11) is 1.57. The Hall–Kier alpha value is -1.07. The normalized spacial score (nSPS) is 12.5. The summed E-state index contributed by atoms with van der Waals surface area (Å²) in [5.74, 6) is 0. The molecule has 1 heterocycles. The standard InChI is InChI=1S/C11H18ClN3O2/c1-4-8(2)14-9-7-13-15(5-6-17-3)11(16)10(9)12/h7-8,14H,4-6H2,1-3H3. The molecule has 5 nitrogen and oxygen atoms in total. The third-order valence-corrected chi connectivity index (χ3v) is 2.87. The van der Waals surface area contributed by atoms with Crippen LogP contribution in [-0.2, 0) is 11.3 Å². The minimum absolute atomic E-state index is 0.177. The second-order valence-electron chi connectivity index (χ2n) is 3.85. The zero-order valence-electron chi connectivity index (χ0n) is 10.4. The first-order valence-corrected chi connectivity index (χ1v) is 5.99. The highest BCUT2D eigenvalue weighted by Crippen LogP contribution is 2.16. The predicted molar refractivity (Wildman–Crippen MR) is 68.8 cm³/mol. The lowest BCUT2D eigenvalue weighted by molar-refractivity contribution is 0.182. The molecule has 0 amide bonds. The van der Waals surface area contributed by atoms with Gasteiger partial charge in [0.2, 0.25) is 0 Å².